The van der Waals surface area contributed by atoms with Crippen molar-refractivity contribution in [2.45, 2.75) is 25.1 Å². The van der Waals surface area contributed by atoms with Gasteiger partial charge in [-0.05, 0) is 25.0 Å². The molecule has 104 valence electrons. The van der Waals surface area contributed by atoms with Crippen molar-refractivity contribution in [3.8, 4) is 0 Å². The Hall–Kier alpha value is -1.63. The first-order valence-corrected chi connectivity index (χ1v) is 5.96. The second-order valence-electron chi connectivity index (χ2n) is 4.58. The smallest absolute Gasteiger partial charge is 0.336 e. The molecular formula is C12H14F3N3O. The number of hydrogen-bond donors (Lipinski definition) is 1. The first kappa shape index (κ1) is 13.8. The number of alkyl halides is 3. The van der Waals surface area contributed by atoms with Crippen LogP contribution in [0, 0.1) is 0 Å². The number of piperidine rings is 1. The van der Waals surface area contributed by atoms with E-state index in [4.69, 9.17) is 5.73 Å². The third kappa shape index (κ3) is 3.23. The third-order valence-electron chi connectivity index (χ3n) is 3.05. The molecule has 1 atom stereocenters. The number of hydrogen-bond acceptors (Lipinski definition) is 3. The van der Waals surface area contributed by atoms with Gasteiger partial charge in [0.2, 0.25) is 0 Å². The van der Waals surface area contributed by atoms with Crippen LogP contribution in [0.15, 0.2) is 18.3 Å². The van der Waals surface area contributed by atoms with Crippen molar-refractivity contribution >= 4 is 5.91 Å². The van der Waals surface area contributed by atoms with Crippen LogP contribution in [0.25, 0.3) is 0 Å². The number of nitrogens with zero attached hydrogens (tertiary/aromatic N) is 2. The van der Waals surface area contributed by atoms with E-state index >= 15 is 0 Å². The molecule has 1 saturated heterocycles. The second kappa shape index (κ2) is 5.16. The molecule has 19 heavy (non-hydrogen) atoms. The molecule has 1 aromatic rings. The maximum Gasteiger partial charge on any atom is 0.417 e. The van der Waals surface area contributed by atoms with Gasteiger partial charge in [-0.2, -0.15) is 13.2 Å². The van der Waals surface area contributed by atoms with Gasteiger partial charge in [0.1, 0.15) is 5.69 Å². The zero-order valence-electron chi connectivity index (χ0n) is 10.2. The molecule has 1 aliphatic rings. The maximum atomic E-state index is 12.4. The highest BCUT2D eigenvalue weighted by Crippen LogP contribution is 2.28. The molecule has 0 unspecified atom stereocenters. The molecule has 2 N–H and O–H groups in total. The van der Waals surface area contributed by atoms with Crippen molar-refractivity contribution in [3.05, 3.63) is 29.6 Å². The minimum atomic E-state index is -4.44. The number of halogens is 3. The Morgan fingerprint density at radius 1 is 1.42 bits per heavy atom. The Balaban J connectivity index is 2.11. The SMILES string of the molecule is N[C@@H]1CCCN(C(=O)c2ccc(C(F)(F)F)cn2)C1. The quantitative estimate of drug-likeness (QED) is 0.846. The Kier molecular flexibility index (Phi) is 3.75. The fraction of sp³-hybridized carbons (Fsp3) is 0.500. The number of carbonyl (C=O) groups excluding carboxylic acids is 1. The molecule has 0 aliphatic carbocycles. The topological polar surface area (TPSA) is 59.2 Å². The summed E-state index contributed by atoms with van der Waals surface area (Å²) in [5.41, 5.74) is 4.91. The first-order valence-electron chi connectivity index (χ1n) is 5.96. The summed E-state index contributed by atoms with van der Waals surface area (Å²) in [7, 11) is 0. The highest BCUT2D eigenvalue weighted by atomic mass is 19.4. The summed E-state index contributed by atoms with van der Waals surface area (Å²) in [6, 6.07) is 1.89. The molecule has 1 aliphatic heterocycles. The van der Waals surface area contributed by atoms with Gasteiger partial charge in [0, 0.05) is 25.3 Å². The molecule has 0 bridgehead atoms. The van der Waals surface area contributed by atoms with Gasteiger partial charge in [0.15, 0.2) is 0 Å². The molecule has 1 fully saturated rings. The van der Waals surface area contributed by atoms with E-state index in [0.717, 1.165) is 25.0 Å². The standard InChI is InChI=1S/C12H14F3N3O/c13-12(14,15)8-3-4-10(17-6-8)11(19)18-5-1-2-9(16)7-18/h3-4,6,9H,1-2,5,7,16H2/t9-/m1/s1. The lowest BCUT2D eigenvalue weighted by Gasteiger charge is -2.30. The van der Waals surface area contributed by atoms with Crippen LogP contribution in [0.4, 0.5) is 13.2 Å². The zero-order chi connectivity index (χ0) is 14.0. The second-order valence-corrected chi connectivity index (χ2v) is 4.58. The molecule has 0 saturated carbocycles. The number of amides is 1. The molecule has 7 heteroatoms. The average molecular weight is 273 g/mol. The molecule has 4 nitrogen and oxygen atoms in total. The number of aromatic nitrogens is 1. The summed E-state index contributed by atoms with van der Waals surface area (Å²) in [4.78, 5) is 17.2. The largest absolute Gasteiger partial charge is 0.417 e. The van der Waals surface area contributed by atoms with E-state index in [9.17, 15) is 18.0 Å². The van der Waals surface area contributed by atoms with Crippen molar-refractivity contribution in [2.75, 3.05) is 13.1 Å². The highest BCUT2D eigenvalue weighted by molar-refractivity contribution is 5.92. The minimum absolute atomic E-state index is 0.0158. The average Bonchev–Trinajstić information content (AvgIpc) is 2.37. The van der Waals surface area contributed by atoms with Crippen LogP contribution in [0.5, 0.6) is 0 Å². The molecule has 2 heterocycles. The lowest BCUT2D eigenvalue weighted by molar-refractivity contribution is -0.137. The molecule has 1 amide bonds. The van der Waals surface area contributed by atoms with Crippen LogP contribution in [0.1, 0.15) is 28.9 Å². The minimum Gasteiger partial charge on any atom is -0.336 e. The van der Waals surface area contributed by atoms with Gasteiger partial charge in [0.05, 0.1) is 5.56 Å². The Morgan fingerprint density at radius 2 is 2.16 bits per heavy atom. The number of pyridine rings is 1. The predicted molar refractivity (Wildman–Crippen MR) is 62.4 cm³/mol. The van der Waals surface area contributed by atoms with E-state index in [1.165, 1.54) is 4.90 Å². The van der Waals surface area contributed by atoms with E-state index in [2.05, 4.69) is 4.98 Å². The van der Waals surface area contributed by atoms with E-state index in [0.29, 0.717) is 19.3 Å². The summed E-state index contributed by atoms with van der Waals surface area (Å²) in [5, 5.41) is 0. The summed E-state index contributed by atoms with van der Waals surface area (Å²) in [5.74, 6) is -0.371. The summed E-state index contributed by atoms with van der Waals surface area (Å²) < 4.78 is 37.1. The van der Waals surface area contributed by atoms with Gasteiger partial charge in [0.25, 0.3) is 5.91 Å². The normalized spacial score (nSPS) is 20.4. The van der Waals surface area contributed by atoms with Crippen molar-refractivity contribution in [3.63, 3.8) is 0 Å². The molecule has 1 aromatic heterocycles. The highest BCUT2D eigenvalue weighted by Gasteiger charge is 2.31. The Morgan fingerprint density at radius 3 is 2.68 bits per heavy atom. The van der Waals surface area contributed by atoms with Gasteiger partial charge in [-0.25, -0.2) is 0 Å². The molecule has 0 spiro atoms. The van der Waals surface area contributed by atoms with Crippen LogP contribution in [-0.4, -0.2) is 34.9 Å². The third-order valence-corrected chi connectivity index (χ3v) is 3.05. The van der Waals surface area contributed by atoms with Crippen LogP contribution >= 0.6 is 0 Å². The molecular weight excluding hydrogens is 259 g/mol. The maximum absolute atomic E-state index is 12.4. The van der Waals surface area contributed by atoms with Gasteiger partial charge < -0.3 is 10.6 Å². The fourth-order valence-electron chi connectivity index (χ4n) is 2.04. The van der Waals surface area contributed by atoms with Crippen molar-refractivity contribution in [1.82, 2.24) is 9.88 Å². The summed E-state index contributed by atoms with van der Waals surface area (Å²) in [6.45, 7) is 0.983. The number of nitrogens with two attached hydrogens (primary N) is 1. The van der Waals surface area contributed by atoms with Crippen LogP contribution in [0.2, 0.25) is 0 Å². The van der Waals surface area contributed by atoms with Crippen molar-refractivity contribution < 1.29 is 18.0 Å². The first-order chi connectivity index (χ1) is 8.88. The molecule has 2 rings (SSSR count). The Labute approximate surface area is 108 Å². The fourth-order valence-corrected chi connectivity index (χ4v) is 2.04. The zero-order valence-corrected chi connectivity index (χ0v) is 10.2. The van der Waals surface area contributed by atoms with Crippen LogP contribution in [0.3, 0.4) is 0 Å². The Bertz CT molecular complexity index is 458. The lowest BCUT2D eigenvalue weighted by atomic mass is 10.1. The number of carbonyl (C=O) groups is 1. The lowest BCUT2D eigenvalue weighted by Crippen LogP contribution is -2.45. The number of likely N-dealkylation sites (tertiary alicyclic amines) is 1. The van der Waals surface area contributed by atoms with Crippen molar-refractivity contribution in [2.24, 2.45) is 5.73 Å². The van der Waals surface area contributed by atoms with Gasteiger partial charge in [-0.3, -0.25) is 9.78 Å². The van der Waals surface area contributed by atoms with Gasteiger partial charge in [-0.1, -0.05) is 0 Å². The van der Waals surface area contributed by atoms with Crippen LogP contribution in [-0.2, 0) is 6.18 Å². The van der Waals surface area contributed by atoms with E-state index in [1.54, 1.807) is 0 Å². The van der Waals surface area contributed by atoms with Gasteiger partial charge in [-0.15, -0.1) is 0 Å². The molecule has 0 aromatic carbocycles. The van der Waals surface area contributed by atoms with Gasteiger partial charge >= 0.3 is 6.18 Å². The van der Waals surface area contributed by atoms with Crippen molar-refractivity contribution in [1.29, 1.82) is 0 Å². The summed E-state index contributed by atoms with van der Waals surface area (Å²) >= 11 is 0. The van der Waals surface area contributed by atoms with Crippen LogP contribution < -0.4 is 5.73 Å². The predicted octanol–water partition coefficient (Wildman–Crippen LogP) is 1.66. The van der Waals surface area contributed by atoms with E-state index in [-0.39, 0.29) is 17.6 Å². The monoisotopic (exact) mass is 273 g/mol. The molecule has 0 radical (unpaired) electrons. The number of rotatable bonds is 1. The van der Waals surface area contributed by atoms with E-state index < -0.39 is 11.7 Å². The summed E-state index contributed by atoms with van der Waals surface area (Å²) in [6.07, 6.45) is -2.11. The van der Waals surface area contributed by atoms with E-state index in [1.807, 2.05) is 0 Å².